The molecule has 7 heteroatoms. The molecule has 0 radical (unpaired) electrons. The van der Waals surface area contributed by atoms with E-state index < -0.39 is 5.60 Å². The van der Waals surface area contributed by atoms with Crippen LogP contribution in [0.3, 0.4) is 0 Å². The van der Waals surface area contributed by atoms with Gasteiger partial charge in [0.15, 0.2) is 0 Å². The molecule has 3 rings (SSSR count). The van der Waals surface area contributed by atoms with Gasteiger partial charge in [0, 0.05) is 55.1 Å². The van der Waals surface area contributed by atoms with Crippen LogP contribution >= 0.6 is 0 Å². The van der Waals surface area contributed by atoms with E-state index in [1.165, 1.54) is 0 Å². The number of unbranched alkanes of at least 4 members (excludes halogenated alkanes) is 3. The fraction of sp³-hybridized carbons (Fsp3) is 0.500. The van der Waals surface area contributed by atoms with Gasteiger partial charge in [0.05, 0.1) is 18.6 Å². The standard InChI is InChI=1S/C34H47N3O4/c1-6-34(5,19-23-40-33(2,3)4)41-32(39)24-28-26-37(30-16-10-9-15-29(28)30)22-12-8-7-11-21-36-31(38)18-17-27-14-13-20-35-25-27/h9-10,13-18,20,25-26H,6-8,11-12,19,21-24H2,1-5H3,(H,36,38)/b18-17+. The Morgan fingerprint density at radius 3 is 2.54 bits per heavy atom. The molecule has 0 bridgehead atoms. The fourth-order valence-corrected chi connectivity index (χ4v) is 4.67. The predicted octanol–water partition coefficient (Wildman–Crippen LogP) is 6.89. The molecule has 0 spiro atoms. The van der Waals surface area contributed by atoms with Crippen molar-refractivity contribution in [2.24, 2.45) is 0 Å². The van der Waals surface area contributed by atoms with Crippen LogP contribution in [0.25, 0.3) is 17.0 Å². The molecule has 0 aliphatic rings. The van der Waals surface area contributed by atoms with E-state index in [0.29, 0.717) is 19.6 Å². The molecule has 1 unspecified atom stereocenters. The second-order valence-electron chi connectivity index (χ2n) is 11.9. The van der Waals surface area contributed by atoms with Crippen molar-refractivity contribution >= 4 is 28.9 Å². The number of pyridine rings is 1. The van der Waals surface area contributed by atoms with Gasteiger partial charge in [0.25, 0.3) is 0 Å². The lowest BCUT2D eigenvalue weighted by molar-refractivity contribution is -0.160. The van der Waals surface area contributed by atoms with Gasteiger partial charge < -0.3 is 19.4 Å². The topological polar surface area (TPSA) is 82.5 Å². The maximum absolute atomic E-state index is 13.0. The van der Waals surface area contributed by atoms with Crippen molar-refractivity contribution in [2.45, 2.75) is 97.3 Å². The minimum Gasteiger partial charge on any atom is -0.459 e. The van der Waals surface area contributed by atoms with E-state index >= 15 is 0 Å². The monoisotopic (exact) mass is 561 g/mol. The second kappa shape index (κ2) is 15.5. The molecule has 1 amide bonds. The van der Waals surface area contributed by atoms with Gasteiger partial charge in [-0.3, -0.25) is 14.6 Å². The lowest BCUT2D eigenvalue weighted by Gasteiger charge is -2.30. The van der Waals surface area contributed by atoms with Gasteiger partial charge in [-0.1, -0.05) is 44.0 Å². The summed E-state index contributed by atoms with van der Waals surface area (Å²) in [6.45, 7) is 12.2. The Bertz CT molecular complexity index is 1280. The Morgan fingerprint density at radius 2 is 1.80 bits per heavy atom. The molecule has 1 aromatic carbocycles. The first-order valence-corrected chi connectivity index (χ1v) is 14.9. The van der Waals surface area contributed by atoms with Gasteiger partial charge in [0.2, 0.25) is 5.91 Å². The summed E-state index contributed by atoms with van der Waals surface area (Å²) in [5, 5.41) is 4.04. The van der Waals surface area contributed by atoms with Gasteiger partial charge in [-0.2, -0.15) is 0 Å². The molecule has 1 N–H and O–H groups in total. The first-order valence-electron chi connectivity index (χ1n) is 14.9. The maximum atomic E-state index is 13.0. The predicted molar refractivity (Wildman–Crippen MR) is 166 cm³/mol. The van der Waals surface area contributed by atoms with E-state index in [9.17, 15) is 9.59 Å². The summed E-state index contributed by atoms with van der Waals surface area (Å²) in [6, 6.07) is 12.0. The minimum absolute atomic E-state index is 0.0868. The smallest absolute Gasteiger partial charge is 0.310 e. The highest BCUT2D eigenvalue weighted by Crippen LogP contribution is 2.26. The number of hydrogen-bond donors (Lipinski definition) is 1. The molecule has 1 atom stereocenters. The van der Waals surface area contributed by atoms with Gasteiger partial charge in [-0.05, 0) is 76.3 Å². The van der Waals surface area contributed by atoms with E-state index in [4.69, 9.17) is 9.47 Å². The first kappa shape index (κ1) is 32.1. The van der Waals surface area contributed by atoms with Crippen molar-refractivity contribution < 1.29 is 19.1 Å². The Hall–Kier alpha value is -3.45. The van der Waals surface area contributed by atoms with Crippen molar-refractivity contribution in [1.29, 1.82) is 0 Å². The van der Waals surface area contributed by atoms with Crippen LogP contribution in [0.5, 0.6) is 0 Å². The third-order valence-corrected chi connectivity index (χ3v) is 7.22. The lowest BCUT2D eigenvalue weighted by Crippen LogP contribution is -2.34. The number of nitrogens with zero attached hydrogens (tertiary/aromatic N) is 2. The van der Waals surface area contributed by atoms with Crippen LogP contribution in [-0.2, 0) is 32.0 Å². The Balaban J connectivity index is 1.44. The number of amides is 1. The van der Waals surface area contributed by atoms with E-state index in [1.54, 1.807) is 24.5 Å². The normalized spacial score (nSPS) is 13.4. The molecule has 0 aliphatic heterocycles. The summed E-state index contributed by atoms with van der Waals surface area (Å²) in [5.41, 5.74) is 2.28. The number of benzene rings is 1. The largest absolute Gasteiger partial charge is 0.459 e. The van der Waals surface area contributed by atoms with E-state index in [0.717, 1.165) is 60.7 Å². The fourth-order valence-electron chi connectivity index (χ4n) is 4.67. The summed E-state index contributed by atoms with van der Waals surface area (Å²) in [4.78, 5) is 29.1. The third kappa shape index (κ3) is 11.2. The number of carbonyl (C=O) groups is 2. The number of ether oxygens (including phenoxy) is 2. The molecule has 7 nitrogen and oxygen atoms in total. The Morgan fingerprint density at radius 1 is 1.02 bits per heavy atom. The van der Waals surface area contributed by atoms with Crippen LogP contribution in [0.2, 0.25) is 0 Å². The van der Waals surface area contributed by atoms with Crippen LogP contribution in [0.1, 0.15) is 84.3 Å². The second-order valence-corrected chi connectivity index (χ2v) is 11.9. The molecular weight excluding hydrogens is 514 g/mol. The molecular formula is C34H47N3O4. The van der Waals surface area contributed by atoms with Gasteiger partial charge in [0.1, 0.15) is 5.60 Å². The molecule has 3 aromatic rings. The quantitative estimate of drug-likeness (QED) is 0.117. The van der Waals surface area contributed by atoms with Crippen LogP contribution in [0.4, 0.5) is 0 Å². The Labute approximate surface area is 245 Å². The zero-order chi connectivity index (χ0) is 29.7. The van der Waals surface area contributed by atoms with Crippen molar-refractivity contribution in [2.75, 3.05) is 13.2 Å². The van der Waals surface area contributed by atoms with E-state index in [-0.39, 0.29) is 23.9 Å². The average molecular weight is 562 g/mol. The van der Waals surface area contributed by atoms with Crippen LogP contribution in [0, 0.1) is 0 Å². The highest BCUT2D eigenvalue weighted by atomic mass is 16.6. The summed E-state index contributed by atoms with van der Waals surface area (Å²) < 4.78 is 14.1. The summed E-state index contributed by atoms with van der Waals surface area (Å²) in [5.74, 6) is -0.290. The van der Waals surface area contributed by atoms with Gasteiger partial charge in [-0.15, -0.1) is 0 Å². The number of aryl methyl sites for hydroxylation is 1. The highest BCUT2D eigenvalue weighted by Gasteiger charge is 2.28. The van der Waals surface area contributed by atoms with Crippen molar-refractivity contribution in [3.05, 3.63) is 72.2 Å². The maximum Gasteiger partial charge on any atom is 0.310 e. The third-order valence-electron chi connectivity index (χ3n) is 7.22. The summed E-state index contributed by atoms with van der Waals surface area (Å²) in [6.07, 6.45) is 14.6. The average Bonchev–Trinajstić information content (AvgIpc) is 3.28. The number of esters is 1. The number of hydrogen-bond acceptors (Lipinski definition) is 5. The first-order chi connectivity index (χ1) is 19.6. The van der Waals surface area contributed by atoms with Gasteiger partial charge in [-0.25, -0.2) is 0 Å². The Kier molecular flexibility index (Phi) is 12.1. The summed E-state index contributed by atoms with van der Waals surface area (Å²) in [7, 11) is 0. The lowest BCUT2D eigenvalue weighted by atomic mass is 9.99. The number of carbonyl (C=O) groups excluding carboxylic acids is 2. The zero-order valence-corrected chi connectivity index (χ0v) is 25.4. The molecule has 2 aromatic heterocycles. The molecule has 41 heavy (non-hydrogen) atoms. The molecule has 0 saturated heterocycles. The number of nitrogens with one attached hydrogen (secondary N) is 1. The van der Waals surface area contributed by atoms with Crippen LogP contribution in [0.15, 0.2) is 61.1 Å². The number of aromatic nitrogens is 2. The molecule has 2 heterocycles. The molecule has 0 fully saturated rings. The van der Waals surface area contributed by atoms with Crippen molar-refractivity contribution in [3.63, 3.8) is 0 Å². The summed E-state index contributed by atoms with van der Waals surface area (Å²) >= 11 is 0. The molecule has 0 saturated carbocycles. The molecule has 0 aliphatic carbocycles. The minimum atomic E-state index is -0.546. The zero-order valence-electron chi connectivity index (χ0n) is 25.4. The van der Waals surface area contributed by atoms with Crippen molar-refractivity contribution in [1.82, 2.24) is 14.9 Å². The number of para-hydroxylation sites is 1. The van der Waals surface area contributed by atoms with E-state index in [2.05, 4.69) is 33.2 Å². The van der Waals surface area contributed by atoms with Gasteiger partial charge >= 0.3 is 5.97 Å². The SMILES string of the molecule is CCC(C)(CCOC(C)(C)C)OC(=O)Cc1cn(CCCCCCNC(=O)/C=C/c2cccnc2)c2ccccc12. The van der Waals surface area contributed by atoms with Crippen LogP contribution < -0.4 is 5.32 Å². The van der Waals surface area contributed by atoms with Crippen molar-refractivity contribution in [3.8, 4) is 0 Å². The van der Waals surface area contributed by atoms with E-state index in [1.807, 2.05) is 58.9 Å². The van der Waals surface area contributed by atoms with Crippen LogP contribution in [-0.4, -0.2) is 45.8 Å². The number of rotatable bonds is 16. The molecule has 222 valence electrons. The highest BCUT2D eigenvalue weighted by molar-refractivity contribution is 5.91. The number of fused-ring (bicyclic) bond motifs is 1.